The molecule has 2 unspecified atom stereocenters. The molecule has 0 saturated carbocycles. The summed E-state index contributed by atoms with van der Waals surface area (Å²) >= 11 is 0. The zero-order chi connectivity index (χ0) is 12.1. The summed E-state index contributed by atoms with van der Waals surface area (Å²) in [6.07, 6.45) is 9.09. The highest BCUT2D eigenvalue weighted by molar-refractivity contribution is 4.92. The van der Waals surface area contributed by atoms with Crippen LogP contribution in [0.1, 0.15) is 33.1 Å². The van der Waals surface area contributed by atoms with Crippen molar-refractivity contribution in [3.63, 3.8) is 0 Å². The molecule has 0 aliphatic carbocycles. The average molecular weight is 238 g/mol. The van der Waals surface area contributed by atoms with Gasteiger partial charge in [0.1, 0.15) is 0 Å². The molecule has 1 fully saturated rings. The first-order valence-corrected chi connectivity index (χ1v) is 7.00. The van der Waals surface area contributed by atoms with Crippen molar-refractivity contribution in [3.05, 3.63) is 12.2 Å². The minimum Gasteiger partial charge on any atom is -0.372 e. The molecule has 3 heteroatoms. The van der Waals surface area contributed by atoms with Crippen LogP contribution in [0.15, 0.2) is 12.2 Å². The maximum absolute atomic E-state index is 6.09. The molecule has 1 saturated heterocycles. The number of nitrogens with zero attached hydrogens (tertiary/aromatic N) is 1. The van der Waals surface area contributed by atoms with Crippen LogP contribution in [-0.2, 0) is 4.74 Å². The predicted molar refractivity (Wildman–Crippen MR) is 71.2 cm³/mol. The SMILES string of the molecule is CC(C)NCC1CCC(CN2CC=CCC2)O1. The molecule has 0 aromatic carbocycles. The third-order valence-electron chi connectivity index (χ3n) is 3.55. The Morgan fingerprint density at radius 3 is 2.82 bits per heavy atom. The van der Waals surface area contributed by atoms with E-state index >= 15 is 0 Å². The highest BCUT2D eigenvalue weighted by Gasteiger charge is 2.26. The molecule has 2 heterocycles. The first-order valence-electron chi connectivity index (χ1n) is 7.00. The smallest absolute Gasteiger partial charge is 0.0707 e. The number of ether oxygens (including phenoxy) is 1. The predicted octanol–water partition coefficient (Wildman–Crippen LogP) is 1.79. The second-order valence-corrected chi connectivity index (χ2v) is 5.54. The fourth-order valence-corrected chi connectivity index (χ4v) is 2.58. The van der Waals surface area contributed by atoms with Crippen LogP contribution in [0.25, 0.3) is 0 Å². The number of nitrogens with one attached hydrogen (secondary N) is 1. The first-order chi connectivity index (χ1) is 8.24. The molecule has 98 valence electrons. The van der Waals surface area contributed by atoms with E-state index < -0.39 is 0 Å². The molecular weight excluding hydrogens is 212 g/mol. The lowest BCUT2D eigenvalue weighted by atomic mass is 10.1. The average Bonchev–Trinajstić information content (AvgIpc) is 2.75. The summed E-state index contributed by atoms with van der Waals surface area (Å²) in [7, 11) is 0. The van der Waals surface area contributed by atoms with E-state index in [1.807, 2.05) is 0 Å². The molecule has 0 bridgehead atoms. The van der Waals surface area contributed by atoms with Crippen molar-refractivity contribution < 1.29 is 4.74 Å². The fraction of sp³-hybridized carbons (Fsp3) is 0.857. The van der Waals surface area contributed by atoms with Crippen LogP contribution in [0.3, 0.4) is 0 Å². The van der Waals surface area contributed by atoms with Gasteiger partial charge in [-0.15, -0.1) is 0 Å². The lowest BCUT2D eigenvalue weighted by Crippen LogP contribution is -2.36. The summed E-state index contributed by atoms with van der Waals surface area (Å²) in [6, 6.07) is 0.560. The summed E-state index contributed by atoms with van der Waals surface area (Å²) in [4.78, 5) is 2.50. The number of hydrogen-bond donors (Lipinski definition) is 1. The Morgan fingerprint density at radius 1 is 1.29 bits per heavy atom. The molecule has 2 atom stereocenters. The second-order valence-electron chi connectivity index (χ2n) is 5.54. The highest BCUT2D eigenvalue weighted by atomic mass is 16.5. The largest absolute Gasteiger partial charge is 0.372 e. The van der Waals surface area contributed by atoms with E-state index in [0.717, 1.165) is 19.6 Å². The van der Waals surface area contributed by atoms with Crippen LogP contribution in [0, 0.1) is 0 Å². The summed E-state index contributed by atoms with van der Waals surface area (Å²) in [5.41, 5.74) is 0. The lowest BCUT2D eigenvalue weighted by Gasteiger charge is -2.26. The van der Waals surface area contributed by atoms with Crippen LogP contribution in [-0.4, -0.2) is 49.3 Å². The molecule has 0 amide bonds. The first kappa shape index (κ1) is 13.1. The van der Waals surface area contributed by atoms with Gasteiger partial charge in [0.2, 0.25) is 0 Å². The van der Waals surface area contributed by atoms with Gasteiger partial charge in [0.15, 0.2) is 0 Å². The Balaban J connectivity index is 1.65. The third-order valence-corrected chi connectivity index (χ3v) is 3.55. The Labute approximate surface area is 105 Å². The molecule has 2 rings (SSSR count). The quantitative estimate of drug-likeness (QED) is 0.739. The Kier molecular flexibility index (Phi) is 5.01. The Morgan fingerprint density at radius 2 is 2.12 bits per heavy atom. The van der Waals surface area contributed by atoms with Gasteiger partial charge < -0.3 is 10.1 Å². The summed E-state index contributed by atoms with van der Waals surface area (Å²) in [6.45, 7) is 8.80. The van der Waals surface area contributed by atoms with Crippen LogP contribution in [0.2, 0.25) is 0 Å². The number of hydrogen-bond acceptors (Lipinski definition) is 3. The Bertz CT molecular complexity index is 253. The maximum atomic E-state index is 6.09. The molecule has 3 nitrogen and oxygen atoms in total. The van der Waals surface area contributed by atoms with Crippen LogP contribution >= 0.6 is 0 Å². The van der Waals surface area contributed by atoms with E-state index in [2.05, 4.69) is 36.2 Å². The van der Waals surface area contributed by atoms with Crippen molar-refractivity contribution >= 4 is 0 Å². The van der Waals surface area contributed by atoms with Crippen LogP contribution in [0.4, 0.5) is 0 Å². The minimum atomic E-state index is 0.433. The second kappa shape index (κ2) is 6.53. The van der Waals surface area contributed by atoms with E-state index in [9.17, 15) is 0 Å². The zero-order valence-corrected chi connectivity index (χ0v) is 11.2. The van der Waals surface area contributed by atoms with Crippen molar-refractivity contribution in [1.29, 1.82) is 0 Å². The molecule has 2 aliphatic rings. The third kappa shape index (κ3) is 4.41. The van der Waals surface area contributed by atoms with Crippen molar-refractivity contribution in [2.24, 2.45) is 0 Å². The summed E-state index contributed by atoms with van der Waals surface area (Å²) < 4.78 is 6.09. The van der Waals surface area contributed by atoms with E-state index in [-0.39, 0.29) is 0 Å². The molecule has 0 spiro atoms. The number of rotatable bonds is 5. The van der Waals surface area contributed by atoms with Gasteiger partial charge in [-0.1, -0.05) is 26.0 Å². The van der Waals surface area contributed by atoms with Gasteiger partial charge in [0.25, 0.3) is 0 Å². The van der Waals surface area contributed by atoms with Gasteiger partial charge in [-0.3, -0.25) is 4.90 Å². The van der Waals surface area contributed by atoms with E-state index in [1.54, 1.807) is 0 Å². The van der Waals surface area contributed by atoms with Crippen molar-refractivity contribution in [3.8, 4) is 0 Å². The molecule has 0 radical (unpaired) electrons. The van der Waals surface area contributed by atoms with Crippen LogP contribution < -0.4 is 5.32 Å². The van der Waals surface area contributed by atoms with Gasteiger partial charge in [0.05, 0.1) is 12.2 Å². The molecule has 1 N–H and O–H groups in total. The Hall–Kier alpha value is -0.380. The highest BCUT2D eigenvalue weighted by Crippen LogP contribution is 2.20. The van der Waals surface area contributed by atoms with Crippen LogP contribution in [0.5, 0.6) is 0 Å². The molecule has 0 aromatic rings. The topological polar surface area (TPSA) is 24.5 Å². The molecular formula is C14H26N2O. The van der Waals surface area contributed by atoms with Crippen molar-refractivity contribution in [2.45, 2.75) is 51.4 Å². The molecule has 2 aliphatic heterocycles. The van der Waals surface area contributed by atoms with Gasteiger partial charge >= 0.3 is 0 Å². The normalized spacial score (nSPS) is 30.3. The van der Waals surface area contributed by atoms with Crippen molar-refractivity contribution in [1.82, 2.24) is 10.2 Å². The van der Waals surface area contributed by atoms with Gasteiger partial charge in [-0.2, -0.15) is 0 Å². The molecule has 17 heavy (non-hydrogen) atoms. The monoisotopic (exact) mass is 238 g/mol. The zero-order valence-electron chi connectivity index (χ0n) is 11.2. The van der Waals surface area contributed by atoms with Gasteiger partial charge in [0, 0.05) is 32.2 Å². The minimum absolute atomic E-state index is 0.433. The van der Waals surface area contributed by atoms with E-state index in [0.29, 0.717) is 18.2 Å². The summed E-state index contributed by atoms with van der Waals surface area (Å²) in [5, 5.41) is 3.46. The van der Waals surface area contributed by atoms with Gasteiger partial charge in [-0.25, -0.2) is 0 Å². The van der Waals surface area contributed by atoms with E-state index in [4.69, 9.17) is 4.74 Å². The standard InChI is InChI=1S/C14H26N2O/c1-12(2)15-10-13-6-7-14(17-13)11-16-8-4-3-5-9-16/h3-4,12-15H,5-11H2,1-2H3. The van der Waals surface area contributed by atoms with Crippen molar-refractivity contribution in [2.75, 3.05) is 26.2 Å². The van der Waals surface area contributed by atoms with Gasteiger partial charge in [-0.05, 0) is 19.3 Å². The lowest BCUT2D eigenvalue weighted by molar-refractivity contribution is 0.0243. The molecule has 0 aromatic heterocycles. The summed E-state index contributed by atoms with van der Waals surface area (Å²) in [5.74, 6) is 0. The maximum Gasteiger partial charge on any atom is 0.0707 e. The fourth-order valence-electron chi connectivity index (χ4n) is 2.58. The van der Waals surface area contributed by atoms with E-state index in [1.165, 1.54) is 25.8 Å².